The third-order valence-corrected chi connectivity index (χ3v) is 8.26. The quantitative estimate of drug-likeness (QED) is 0.124. The van der Waals surface area contributed by atoms with Gasteiger partial charge in [0.05, 0.1) is 17.6 Å². The number of pyridine rings is 1. The summed E-state index contributed by atoms with van der Waals surface area (Å²) in [4.78, 5) is 24.5. The van der Waals surface area contributed by atoms with Crippen LogP contribution in [0.1, 0.15) is 49.8 Å². The molecule has 0 spiro atoms. The average molecular weight is 541 g/mol. The second-order valence-electron chi connectivity index (χ2n) is 10.7. The van der Waals surface area contributed by atoms with Crippen LogP contribution >= 0.6 is 0 Å². The van der Waals surface area contributed by atoms with Gasteiger partial charge in [-0.1, -0.05) is 41.6 Å². The van der Waals surface area contributed by atoms with Gasteiger partial charge >= 0.3 is 0 Å². The Bertz CT molecular complexity index is 1570. The summed E-state index contributed by atoms with van der Waals surface area (Å²) in [5.41, 5.74) is 18.1. The van der Waals surface area contributed by atoms with Crippen LogP contribution in [0.2, 0.25) is 0 Å². The molecule has 4 aromatic rings. The number of nitrogen functional groups attached to an aromatic ring is 1. The Kier molecular flexibility index (Phi) is 6.59. The van der Waals surface area contributed by atoms with Gasteiger partial charge in [-0.15, -0.1) is 0 Å². The maximum atomic E-state index is 12.7. The van der Waals surface area contributed by atoms with Gasteiger partial charge in [0.25, 0.3) is 0 Å². The summed E-state index contributed by atoms with van der Waals surface area (Å²) in [5.74, 6) is 0.133. The highest BCUT2D eigenvalue weighted by molar-refractivity contribution is 5.87. The van der Waals surface area contributed by atoms with Gasteiger partial charge in [0.1, 0.15) is 11.9 Å². The van der Waals surface area contributed by atoms with Crippen molar-refractivity contribution in [3.05, 3.63) is 66.1 Å². The molecule has 2 aliphatic rings. The van der Waals surface area contributed by atoms with Gasteiger partial charge in [0, 0.05) is 52.9 Å². The number of Topliss-reactive ketones (excluding diaryl/α,β-unsaturated/α-hetero) is 1. The van der Waals surface area contributed by atoms with E-state index in [4.69, 9.17) is 16.5 Å². The zero-order valence-corrected chi connectivity index (χ0v) is 22.2. The van der Waals surface area contributed by atoms with Crippen LogP contribution in [0.5, 0.6) is 0 Å². The molecule has 3 atom stereocenters. The Morgan fingerprint density at radius 3 is 2.45 bits per heavy atom. The first kappa shape index (κ1) is 25.8. The fraction of sp³-hybridized carbons (Fsp3) is 0.345. The van der Waals surface area contributed by atoms with Crippen LogP contribution in [0.4, 0.5) is 5.82 Å². The summed E-state index contributed by atoms with van der Waals surface area (Å²) in [7, 11) is 0. The lowest BCUT2D eigenvalue weighted by Crippen LogP contribution is -2.49. The first-order valence-electron chi connectivity index (χ1n) is 13.5. The van der Waals surface area contributed by atoms with E-state index in [1.165, 1.54) is 6.92 Å². The number of aromatic nitrogens is 4. The average Bonchev–Trinajstić information content (AvgIpc) is 3.52. The molecule has 206 valence electrons. The second-order valence-corrected chi connectivity index (χ2v) is 10.7. The Morgan fingerprint density at radius 2 is 1.82 bits per heavy atom. The number of nitrogens with zero attached hydrogens (tertiary/aromatic N) is 6. The third-order valence-electron chi connectivity index (χ3n) is 8.26. The van der Waals surface area contributed by atoms with Gasteiger partial charge in [0.15, 0.2) is 11.4 Å². The van der Waals surface area contributed by atoms with Crippen molar-refractivity contribution in [3.63, 3.8) is 0 Å². The molecule has 40 heavy (non-hydrogen) atoms. The number of fused-ring (bicyclic) bond motifs is 3. The topological polar surface area (TPSA) is 168 Å². The normalized spacial score (nSPS) is 21.6. The summed E-state index contributed by atoms with van der Waals surface area (Å²) < 4.78 is 1.56. The molecule has 2 bridgehead atoms. The summed E-state index contributed by atoms with van der Waals surface area (Å²) in [6.45, 7) is 1.46. The molecule has 2 aliphatic heterocycles. The predicted octanol–water partition coefficient (Wildman–Crippen LogP) is 2.95. The number of hydrogen-bond donors (Lipinski definition) is 4. The van der Waals surface area contributed by atoms with Crippen LogP contribution in [-0.2, 0) is 11.2 Å². The molecule has 5 heterocycles. The number of anilines is 1. The number of oxime groups is 1. The van der Waals surface area contributed by atoms with E-state index < -0.39 is 6.10 Å². The van der Waals surface area contributed by atoms with Crippen LogP contribution in [0.3, 0.4) is 0 Å². The highest BCUT2D eigenvalue weighted by Crippen LogP contribution is 2.44. The lowest BCUT2D eigenvalue weighted by molar-refractivity contribution is -0.125. The van der Waals surface area contributed by atoms with E-state index >= 15 is 0 Å². The van der Waals surface area contributed by atoms with Crippen molar-refractivity contribution in [2.24, 2.45) is 10.9 Å². The molecule has 0 aliphatic carbocycles. The highest BCUT2D eigenvalue weighted by atomic mass is 16.4. The van der Waals surface area contributed by atoms with Crippen molar-refractivity contribution < 1.29 is 15.1 Å². The standard InChI is InChI=1S/C29H32N8O3/c1-16(38)25(39)13-22-26(19-11-20-8-9-21(12-19)36(20)29(31)35-40)34-28-23(15-33-37(28)27(22)30)18-7-10-24(32-14-18)17-5-3-2-4-6-17/h2-7,10,14-16,19-21,38,40H,8-9,11-13,30H2,1H3,(H2,31,35). The van der Waals surface area contributed by atoms with Crippen LogP contribution < -0.4 is 11.5 Å². The van der Waals surface area contributed by atoms with Gasteiger partial charge < -0.3 is 26.7 Å². The van der Waals surface area contributed by atoms with Gasteiger partial charge in [0.2, 0.25) is 5.96 Å². The maximum absolute atomic E-state index is 12.7. The van der Waals surface area contributed by atoms with Gasteiger partial charge in [-0.25, -0.2) is 4.98 Å². The van der Waals surface area contributed by atoms with E-state index in [0.717, 1.165) is 53.8 Å². The lowest BCUT2D eigenvalue weighted by Gasteiger charge is -2.39. The van der Waals surface area contributed by atoms with Crippen LogP contribution in [0, 0.1) is 0 Å². The minimum atomic E-state index is -1.12. The van der Waals surface area contributed by atoms with Crippen LogP contribution in [0.15, 0.2) is 60.0 Å². The molecule has 0 amide bonds. The van der Waals surface area contributed by atoms with Crippen molar-refractivity contribution in [1.29, 1.82) is 0 Å². The minimum Gasteiger partial charge on any atom is -0.408 e. The number of carbonyl (C=O) groups excluding carboxylic acids is 1. The SMILES string of the molecule is CC(O)C(=O)Cc1c(C2CC3CCC(C2)N3C(N)=NO)nc2c(-c3ccc(-c4ccccc4)nc3)cnn2c1N. The fourth-order valence-corrected chi connectivity index (χ4v) is 6.27. The summed E-state index contributed by atoms with van der Waals surface area (Å²) in [5, 5.41) is 27.0. The number of rotatable bonds is 6. The molecule has 11 heteroatoms. The zero-order chi connectivity index (χ0) is 28.0. The Morgan fingerprint density at radius 1 is 1.10 bits per heavy atom. The molecular formula is C29H32N8O3. The molecule has 1 aromatic carbocycles. The predicted molar refractivity (Wildman–Crippen MR) is 150 cm³/mol. The monoisotopic (exact) mass is 540 g/mol. The molecule has 3 unspecified atom stereocenters. The minimum absolute atomic E-state index is 0.00525. The molecule has 6 rings (SSSR count). The summed E-state index contributed by atoms with van der Waals surface area (Å²) in [6, 6.07) is 14.1. The van der Waals surface area contributed by atoms with Crippen molar-refractivity contribution in [3.8, 4) is 22.4 Å². The van der Waals surface area contributed by atoms with Crippen molar-refractivity contribution in [2.45, 2.75) is 63.1 Å². The summed E-state index contributed by atoms with van der Waals surface area (Å²) in [6.07, 6.45) is 5.65. The molecule has 6 N–H and O–H groups in total. The van der Waals surface area contributed by atoms with Crippen LogP contribution in [-0.4, -0.2) is 64.7 Å². The fourth-order valence-electron chi connectivity index (χ4n) is 6.27. The molecule has 2 fully saturated rings. The molecule has 3 aromatic heterocycles. The number of benzene rings is 1. The second kappa shape index (κ2) is 10.2. The first-order valence-corrected chi connectivity index (χ1v) is 13.5. The summed E-state index contributed by atoms with van der Waals surface area (Å²) >= 11 is 0. The smallest absolute Gasteiger partial charge is 0.233 e. The zero-order valence-electron chi connectivity index (χ0n) is 22.2. The molecule has 11 nitrogen and oxygen atoms in total. The Balaban J connectivity index is 1.42. The maximum Gasteiger partial charge on any atom is 0.233 e. The number of aliphatic hydroxyl groups is 1. The first-order chi connectivity index (χ1) is 19.4. The number of aliphatic hydroxyl groups excluding tert-OH is 1. The van der Waals surface area contributed by atoms with E-state index in [0.29, 0.717) is 17.0 Å². The van der Waals surface area contributed by atoms with E-state index in [9.17, 15) is 15.1 Å². The van der Waals surface area contributed by atoms with Crippen LogP contribution in [0.25, 0.3) is 28.0 Å². The largest absolute Gasteiger partial charge is 0.408 e. The molecule has 0 saturated carbocycles. The van der Waals surface area contributed by atoms with E-state index in [2.05, 4.69) is 15.2 Å². The number of carbonyl (C=O) groups is 1. The van der Waals surface area contributed by atoms with Crippen molar-refractivity contribution in [1.82, 2.24) is 24.5 Å². The number of piperidine rings is 1. The van der Waals surface area contributed by atoms with E-state index in [1.54, 1.807) is 16.9 Å². The number of guanidine groups is 1. The molecule has 0 radical (unpaired) electrons. The molecular weight excluding hydrogens is 508 g/mol. The lowest BCUT2D eigenvalue weighted by atomic mass is 9.85. The number of nitrogens with two attached hydrogens (primary N) is 2. The number of hydrogen-bond acceptors (Lipinski definition) is 8. The molecule has 2 saturated heterocycles. The van der Waals surface area contributed by atoms with E-state index in [1.807, 2.05) is 47.4 Å². The van der Waals surface area contributed by atoms with Crippen molar-refractivity contribution >= 4 is 23.2 Å². The van der Waals surface area contributed by atoms with Gasteiger partial charge in [-0.05, 0) is 38.7 Å². The number of ketones is 1. The Hall–Kier alpha value is -4.51. The van der Waals surface area contributed by atoms with Crippen molar-refractivity contribution in [2.75, 3.05) is 5.73 Å². The third kappa shape index (κ3) is 4.41. The van der Waals surface area contributed by atoms with E-state index in [-0.39, 0.29) is 36.2 Å². The van der Waals surface area contributed by atoms with Gasteiger partial charge in [-0.3, -0.25) is 9.78 Å². The highest BCUT2D eigenvalue weighted by Gasteiger charge is 2.44. The Labute approximate surface area is 231 Å². The van der Waals surface area contributed by atoms with Gasteiger partial charge in [-0.2, -0.15) is 9.61 Å².